The van der Waals surface area contributed by atoms with E-state index in [0.29, 0.717) is 66.1 Å². The monoisotopic (exact) mass is 1410 g/mol. The van der Waals surface area contributed by atoms with Gasteiger partial charge in [-0.1, -0.05) is 48.5 Å². The number of benzene rings is 5. The summed E-state index contributed by atoms with van der Waals surface area (Å²) in [5.74, 6) is -10.6. The number of halogens is 4. The minimum absolute atomic E-state index is 0.0326. The molecule has 0 bridgehead atoms. The highest BCUT2D eigenvalue weighted by Gasteiger charge is 2.56. The van der Waals surface area contributed by atoms with Crippen molar-refractivity contribution in [3.63, 3.8) is 0 Å². The number of nitrogens with one attached hydrogen (secondary N) is 5. The molecule has 0 aliphatic carbocycles. The van der Waals surface area contributed by atoms with Crippen molar-refractivity contribution in [2.24, 2.45) is 0 Å². The first-order valence-electron chi connectivity index (χ1n) is 31.5. The van der Waals surface area contributed by atoms with Gasteiger partial charge in [-0.25, -0.2) is 22.4 Å². The Morgan fingerprint density at radius 1 is 0.551 bits per heavy atom. The molecule has 0 aromatic heterocycles. The summed E-state index contributed by atoms with van der Waals surface area (Å²) in [4.78, 5) is 101. The number of aldehydes is 1. The summed E-state index contributed by atoms with van der Waals surface area (Å²) in [5, 5.41) is 89.7. The zero-order chi connectivity index (χ0) is 71.3. The van der Waals surface area contributed by atoms with E-state index in [-0.39, 0.29) is 71.3 Å². The molecule has 5 aromatic carbocycles. The van der Waals surface area contributed by atoms with Gasteiger partial charge in [-0.15, -0.1) is 0 Å². The second kappa shape index (κ2) is 36.9. The van der Waals surface area contributed by atoms with Crippen molar-refractivity contribution in [3.8, 4) is 22.3 Å². The van der Waals surface area contributed by atoms with E-state index in [1.807, 2.05) is 0 Å². The van der Waals surface area contributed by atoms with E-state index in [9.17, 15) is 91.7 Å². The number of carboxylic acids is 1. The molecule has 530 valence electrons. The fraction of sp³-hybridized carbons (Fsp3) is 0.441. The highest BCUT2D eigenvalue weighted by atomic mass is 32.2. The van der Waals surface area contributed by atoms with Crippen LogP contribution < -0.4 is 26.6 Å². The van der Waals surface area contributed by atoms with E-state index in [1.54, 1.807) is 24.3 Å². The summed E-state index contributed by atoms with van der Waals surface area (Å²) in [6.07, 6.45) is -12.7. The molecule has 2 heterocycles. The second-order valence-corrected chi connectivity index (χ2v) is 25.8. The summed E-state index contributed by atoms with van der Waals surface area (Å²) in [6, 6.07) is 20.8. The third-order valence-corrected chi connectivity index (χ3v) is 18.3. The zero-order valence-electron chi connectivity index (χ0n) is 53.4. The maximum absolute atomic E-state index is 14.3. The molecule has 0 unspecified atom stereocenters. The second-order valence-electron chi connectivity index (χ2n) is 23.4. The molecule has 98 heavy (non-hydrogen) atoms. The van der Waals surface area contributed by atoms with Crippen LogP contribution in [0.3, 0.4) is 0 Å². The number of ether oxygens (including phenoxy) is 4. The Bertz CT molecular complexity index is 3510. The lowest BCUT2D eigenvalue weighted by atomic mass is 9.88. The number of aliphatic hydroxyl groups excluding tert-OH is 6. The number of hydrogen-bond donors (Lipinski definition) is 12. The van der Waals surface area contributed by atoms with E-state index < -0.39 is 151 Å². The molecule has 0 radical (unpaired) electrons. The number of carbonyl (C=O) groups excluding carboxylic acids is 7. The van der Waals surface area contributed by atoms with Crippen LogP contribution >= 0.6 is 23.5 Å². The zero-order valence-corrected chi connectivity index (χ0v) is 55.0. The molecular weight excluding hydrogens is 1330 g/mol. The lowest BCUT2D eigenvalue weighted by Crippen LogP contribution is -2.68. The average molecular weight is 1410 g/mol. The first kappa shape index (κ1) is 77.6. The smallest absolute Gasteiger partial charge is 0.364 e. The number of aliphatic hydroxyl groups is 6. The highest BCUT2D eigenvalue weighted by molar-refractivity contribution is 7.99. The summed E-state index contributed by atoms with van der Waals surface area (Å²) in [6.45, 7) is 1.11. The van der Waals surface area contributed by atoms with Crippen molar-refractivity contribution >= 4 is 71.1 Å². The Kier molecular flexibility index (Phi) is 29.2. The molecule has 5 aromatic rings. The Hall–Kier alpha value is -7.72. The molecule has 30 heteroatoms. The first-order chi connectivity index (χ1) is 46.8. The number of amides is 5. The number of carboxylic acid groups (broad SMARTS) is 1. The van der Waals surface area contributed by atoms with Crippen LogP contribution in [-0.2, 0) is 38.1 Å². The SMILES string of the molecule is CC(=O)N[C@H]1[C@H]([C@H](O)[C@H](O)CNC(=O)c2ccc(-c3c(F)cccc3F)cc2)O[C@](C=O)(OCCCSCCNC(=O)c2ccc(C(=O)CCCCSCCCO[C@]3(C(=O)O)C[C@H](O)[C@@H](NC(C)=O)[C@H]([C@H](O)[C@@H](O)CNC(=O)c4ccc(-c5c(F)cccc5F)cc4)O3)cc2)C[C@@H]1O. The normalized spacial score (nSPS) is 21.9. The van der Waals surface area contributed by atoms with E-state index in [0.717, 1.165) is 38.1 Å². The van der Waals surface area contributed by atoms with E-state index >= 15 is 0 Å². The molecule has 2 fully saturated rings. The molecule has 12 N–H and O–H groups in total. The molecule has 2 aliphatic heterocycles. The molecule has 0 spiro atoms. The van der Waals surface area contributed by atoms with E-state index in [2.05, 4.69) is 26.6 Å². The Morgan fingerprint density at radius 2 is 0.959 bits per heavy atom. The number of aliphatic carboxylic acids is 1. The van der Waals surface area contributed by atoms with Gasteiger partial charge in [0.05, 0.1) is 60.8 Å². The lowest BCUT2D eigenvalue weighted by molar-refractivity contribution is -0.310. The van der Waals surface area contributed by atoms with Gasteiger partial charge >= 0.3 is 5.97 Å². The van der Waals surface area contributed by atoms with Crippen molar-refractivity contribution in [2.45, 2.75) is 131 Å². The van der Waals surface area contributed by atoms with Gasteiger partial charge in [-0.3, -0.25) is 33.6 Å². The number of rotatable bonds is 36. The number of unbranched alkanes of at least 4 members (excludes halogenated alkanes) is 1. The molecule has 2 aliphatic rings. The summed E-state index contributed by atoms with van der Waals surface area (Å²) >= 11 is 2.97. The van der Waals surface area contributed by atoms with Gasteiger partial charge < -0.3 is 81.3 Å². The van der Waals surface area contributed by atoms with Gasteiger partial charge in [0.1, 0.15) is 47.7 Å². The standard InChI is InChI=1S/C68H79F4N5O19S2/c1-38(79)76-57-51(82)33-67(37-78,95-61(57)59(86)53(84)35-74-64(89)44-22-16-41(17-23-44)55-46(69)9-5-10-47(55)70)93-27-7-31-98-32-26-73-63(88)43-20-14-40(15-21-43)50(81)13-3-4-29-97-30-8-28-94-68(66(91)92)34-52(83)58(77-39(2)80)62(96-68)60(87)54(85)36-75-65(90)45-24-18-42(19-25-45)56-48(71)11-6-12-49(56)72/h5-6,9-12,14-25,37,51-54,57-62,82-87H,3-4,7-8,13,26-36H2,1-2H3,(H,73,88)(H,74,89)(H,75,90)(H,76,79)(H,77,80)(H,91,92)/t51-,52-,53+,54-,57+,58+,59+,60+,61+,62+,67+,68+/m0/s1. The fourth-order valence-corrected chi connectivity index (χ4v) is 12.7. The number of Topliss-reactive ketones (excluding diaryl/α,β-unsaturated/α-hetero) is 1. The fourth-order valence-electron chi connectivity index (χ4n) is 11.0. The van der Waals surface area contributed by atoms with Crippen molar-refractivity contribution in [3.05, 3.63) is 155 Å². The Balaban J connectivity index is 0.762. The van der Waals surface area contributed by atoms with Gasteiger partial charge in [0.2, 0.25) is 17.6 Å². The van der Waals surface area contributed by atoms with Crippen LogP contribution in [0.2, 0.25) is 0 Å². The van der Waals surface area contributed by atoms with Gasteiger partial charge in [0, 0.05) is 80.8 Å². The van der Waals surface area contributed by atoms with Gasteiger partial charge in [-0.2, -0.15) is 23.5 Å². The quantitative estimate of drug-likeness (QED) is 0.0115. The first-order valence-corrected chi connectivity index (χ1v) is 33.8. The Labute approximate surface area is 569 Å². The number of carbonyl (C=O) groups is 8. The van der Waals surface area contributed by atoms with Gasteiger partial charge in [0.25, 0.3) is 23.5 Å². The van der Waals surface area contributed by atoms with Crippen molar-refractivity contribution in [1.29, 1.82) is 0 Å². The molecule has 24 nitrogen and oxygen atoms in total. The van der Waals surface area contributed by atoms with Crippen molar-refractivity contribution in [2.75, 3.05) is 55.9 Å². The maximum atomic E-state index is 14.3. The van der Waals surface area contributed by atoms with Gasteiger partial charge in [-0.05, 0) is 115 Å². The third-order valence-electron chi connectivity index (χ3n) is 16.1. The van der Waals surface area contributed by atoms with Crippen LogP contribution in [0.25, 0.3) is 22.3 Å². The van der Waals surface area contributed by atoms with E-state index in [1.165, 1.54) is 84.2 Å². The lowest BCUT2D eigenvalue weighted by Gasteiger charge is -2.46. The molecule has 5 amide bonds. The van der Waals surface area contributed by atoms with Crippen LogP contribution in [0.15, 0.2) is 109 Å². The summed E-state index contributed by atoms with van der Waals surface area (Å²) in [5.41, 5.74) is 0.592. The number of thioether (sulfide) groups is 2. The molecule has 0 saturated carbocycles. The highest BCUT2D eigenvalue weighted by Crippen LogP contribution is 2.36. The number of ketones is 1. The summed E-state index contributed by atoms with van der Waals surface area (Å²) in [7, 11) is 0. The topological polar surface area (TPSA) is 375 Å². The molecule has 2 saturated heterocycles. The number of hydrogen-bond acceptors (Lipinski definition) is 20. The van der Waals surface area contributed by atoms with Crippen LogP contribution in [0.1, 0.15) is 100 Å². The van der Waals surface area contributed by atoms with Gasteiger partial charge in [0.15, 0.2) is 12.1 Å². The third kappa shape index (κ3) is 21.2. The minimum atomic E-state index is -2.52. The van der Waals surface area contributed by atoms with Crippen LogP contribution in [0, 0.1) is 23.3 Å². The maximum Gasteiger partial charge on any atom is 0.364 e. The Morgan fingerprint density at radius 3 is 1.42 bits per heavy atom. The largest absolute Gasteiger partial charge is 0.477 e. The van der Waals surface area contributed by atoms with E-state index in [4.69, 9.17) is 18.9 Å². The minimum Gasteiger partial charge on any atom is -0.477 e. The predicted molar refractivity (Wildman–Crippen MR) is 350 cm³/mol. The van der Waals surface area contributed by atoms with Crippen LogP contribution in [0.5, 0.6) is 0 Å². The van der Waals surface area contributed by atoms with Crippen LogP contribution in [-0.4, -0.2) is 212 Å². The predicted octanol–water partition coefficient (Wildman–Crippen LogP) is 4.23. The molecule has 12 atom stereocenters. The van der Waals surface area contributed by atoms with Crippen LogP contribution in [0.4, 0.5) is 17.6 Å². The van der Waals surface area contributed by atoms with Crippen molar-refractivity contribution in [1.82, 2.24) is 26.6 Å². The molecular formula is C68H79F4N5O19S2. The molecule has 7 rings (SSSR count). The van der Waals surface area contributed by atoms with Crippen molar-refractivity contribution < 1.29 is 111 Å². The summed E-state index contributed by atoms with van der Waals surface area (Å²) < 4.78 is 80.5. The average Bonchev–Trinajstić information content (AvgIpc) is 0.778.